The summed E-state index contributed by atoms with van der Waals surface area (Å²) < 4.78 is 12.0. The van der Waals surface area contributed by atoms with Crippen molar-refractivity contribution in [3.63, 3.8) is 0 Å². The maximum Gasteiger partial charge on any atom is 0.257 e. The molecule has 3 aromatic rings. The molecule has 3 rings (SSSR count). The van der Waals surface area contributed by atoms with Crippen LogP contribution in [0.3, 0.4) is 0 Å². The predicted octanol–water partition coefficient (Wildman–Crippen LogP) is 2.65. The summed E-state index contributed by atoms with van der Waals surface area (Å²) >= 11 is 0. The second-order valence-corrected chi connectivity index (χ2v) is 7.63. The zero-order valence-corrected chi connectivity index (χ0v) is 19.3. The summed E-state index contributed by atoms with van der Waals surface area (Å²) in [6, 6.07) is 14.4. The van der Waals surface area contributed by atoms with Crippen LogP contribution in [0.5, 0.6) is 11.5 Å². The highest BCUT2D eigenvalue weighted by Crippen LogP contribution is 2.29. The van der Waals surface area contributed by atoms with Crippen molar-refractivity contribution in [1.82, 2.24) is 14.9 Å². The number of ether oxygens (including phenoxy) is 2. The fourth-order valence-electron chi connectivity index (χ4n) is 3.69. The van der Waals surface area contributed by atoms with E-state index in [1.807, 2.05) is 43.3 Å². The van der Waals surface area contributed by atoms with Crippen LogP contribution in [0.4, 0.5) is 0 Å². The topological polar surface area (TPSA) is 103 Å². The Morgan fingerprint density at radius 3 is 2.45 bits per heavy atom. The quantitative estimate of drug-likeness (QED) is 0.519. The van der Waals surface area contributed by atoms with Crippen LogP contribution in [0, 0.1) is 6.92 Å². The molecule has 174 valence electrons. The van der Waals surface area contributed by atoms with E-state index in [2.05, 4.69) is 10.3 Å². The lowest BCUT2D eigenvalue weighted by Gasteiger charge is -2.19. The van der Waals surface area contributed by atoms with Gasteiger partial charge < -0.3 is 19.9 Å². The number of carbonyl (C=O) groups is 1. The third-order valence-corrected chi connectivity index (χ3v) is 5.45. The maximum atomic E-state index is 13.2. The molecule has 0 aliphatic heterocycles. The largest absolute Gasteiger partial charge is 0.493 e. The van der Waals surface area contributed by atoms with Gasteiger partial charge in [0.2, 0.25) is 5.91 Å². The highest BCUT2D eigenvalue weighted by atomic mass is 16.5. The highest BCUT2D eigenvalue weighted by Gasteiger charge is 2.19. The second kappa shape index (κ2) is 10.8. The third-order valence-electron chi connectivity index (χ3n) is 5.45. The minimum absolute atomic E-state index is 0.176. The Morgan fingerprint density at radius 2 is 1.82 bits per heavy atom. The molecule has 8 nitrogen and oxygen atoms in total. The SMILES string of the molecule is COc1ccc([C@H](C)NC(=O)Cn2c(-c3ccccc3)nc(C)c(CCO)c2=O)cc1OC. The van der Waals surface area contributed by atoms with Gasteiger partial charge in [-0.1, -0.05) is 36.4 Å². The lowest BCUT2D eigenvalue weighted by molar-refractivity contribution is -0.122. The van der Waals surface area contributed by atoms with Gasteiger partial charge in [0.05, 0.1) is 20.3 Å². The molecule has 0 saturated carbocycles. The van der Waals surface area contributed by atoms with E-state index < -0.39 is 0 Å². The van der Waals surface area contributed by atoms with Gasteiger partial charge in [0.1, 0.15) is 12.4 Å². The molecule has 0 bridgehead atoms. The van der Waals surface area contributed by atoms with Crippen molar-refractivity contribution >= 4 is 5.91 Å². The summed E-state index contributed by atoms with van der Waals surface area (Å²) in [6.07, 6.45) is 0.177. The van der Waals surface area contributed by atoms with E-state index in [0.717, 1.165) is 11.1 Å². The molecule has 8 heteroatoms. The molecule has 0 aliphatic carbocycles. The lowest BCUT2D eigenvalue weighted by atomic mass is 10.1. The number of rotatable bonds is 9. The molecule has 33 heavy (non-hydrogen) atoms. The zero-order valence-electron chi connectivity index (χ0n) is 19.3. The second-order valence-electron chi connectivity index (χ2n) is 7.63. The third kappa shape index (κ3) is 5.40. The number of nitrogens with one attached hydrogen (secondary N) is 1. The van der Waals surface area contributed by atoms with Crippen LogP contribution in [0.1, 0.15) is 29.8 Å². The Kier molecular flexibility index (Phi) is 7.84. The van der Waals surface area contributed by atoms with E-state index in [4.69, 9.17) is 9.47 Å². The molecule has 0 fully saturated rings. The first-order chi connectivity index (χ1) is 15.9. The molecule has 0 spiro atoms. The van der Waals surface area contributed by atoms with Gasteiger partial charge in [0, 0.05) is 29.8 Å². The number of amides is 1. The molecule has 0 unspecified atom stereocenters. The smallest absolute Gasteiger partial charge is 0.257 e. The van der Waals surface area contributed by atoms with Gasteiger partial charge in [-0.05, 0) is 31.5 Å². The number of hydrogen-bond donors (Lipinski definition) is 2. The number of aryl methyl sites for hydroxylation is 1. The van der Waals surface area contributed by atoms with Gasteiger partial charge in [-0.15, -0.1) is 0 Å². The normalized spacial score (nSPS) is 11.7. The summed E-state index contributed by atoms with van der Waals surface area (Å²) in [5, 5.41) is 12.3. The summed E-state index contributed by atoms with van der Waals surface area (Å²) in [5.41, 5.74) is 2.18. The first-order valence-electron chi connectivity index (χ1n) is 10.7. The number of hydrogen-bond acceptors (Lipinski definition) is 6. The van der Waals surface area contributed by atoms with Crippen LogP contribution in [0.25, 0.3) is 11.4 Å². The minimum Gasteiger partial charge on any atom is -0.493 e. The van der Waals surface area contributed by atoms with E-state index in [1.54, 1.807) is 33.3 Å². The Hall–Kier alpha value is -3.65. The average molecular weight is 452 g/mol. The van der Waals surface area contributed by atoms with Crippen molar-refractivity contribution in [1.29, 1.82) is 0 Å². The Balaban J connectivity index is 1.91. The number of benzene rings is 2. The molecule has 2 aromatic carbocycles. The van der Waals surface area contributed by atoms with Gasteiger partial charge in [0.25, 0.3) is 5.56 Å². The van der Waals surface area contributed by atoms with E-state index >= 15 is 0 Å². The number of aliphatic hydroxyl groups excluding tert-OH is 1. The van der Waals surface area contributed by atoms with Crippen LogP contribution >= 0.6 is 0 Å². The predicted molar refractivity (Wildman–Crippen MR) is 126 cm³/mol. The molecule has 1 aromatic heterocycles. The van der Waals surface area contributed by atoms with E-state index in [-0.39, 0.29) is 37.1 Å². The molecule has 1 amide bonds. The first-order valence-corrected chi connectivity index (χ1v) is 10.7. The Morgan fingerprint density at radius 1 is 1.12 bits per heavy atom. The summed E-state index contributed by atoms with van der Waals surface area (Å²) in [5.74, 6) is 1.24. The van der Waals surface area contributed by atoms with Gasteiger partial charge in [-0.2, -0.15) is 0 Å². The van der Waals surface area contributed by atoms with Crippen LogP contribution in [-0.2, 0) is 17.8 Å². The van der Waals surface area contributed by atoms with Crippen LogP contribution in [0.15, 0.2) is 53.3 Å². The average Bonchev–Trinajstić information content (AvgIpc) is 2.83. The van der Waals surface area contributed by atoms with Gasteiger partial charge in [0.15, 0.2) is 11.5 Å². The lowest BCUT2D eigenvalue weighted by Crippen LogP contribution is -2.36. The van der Waals surface area contributed by atoms with Gasteiger partial charge in [-0.3, -0.25) is 14.2 Å². The molecule has 0 radical (unpaired) electrons. The van der Waals surface area contributed by atoms with Crippen LogP contribution < -0.4 is 20.3 Å². The van der Waals surface area contributed by atoms with Gasteiger partial charge >= 0.3 is 0 Å². The Bertz CT molecular complexity index is 1170. The number of carbonyl (C=O) groups excluding carboxylic acids is 1. The number of aromatic nitrogens is 2. The maximum absolute atomic E-state index is 13.2. The molecule has 1 atom stereocenters. The van der Waals surface area contributed by atoms with E-state index in [0.29, 0.717) is 28.6 Å². The number of aliphatic hydroxyl groups is 1. The minimum atomic E-state index is -0.336. The molecular weight excluding hydrogens is 422 g/mol. The van der Waals surface area contributed by atoms with Crippen molar-refractivity contribution in [2.75, 3.05) is 20.8 Å². The summed E-state index contributed by atoms with van der Waals surface area (Å²) in [4.78, 5) is 30.8. The van der Waals surface area contributed by atoms with E-state index in [1.165, 1.54) is 4.57 Å². The molecule has 0 saturated heterocycles. The fraction of sp³-hybridized carbons (Fsp3) is 0.320. The van der Waals surface area contributed by atoms with Crippen LogP contribution in [0.2, 0.25) is 0 Å². The standard InChI is InChI=1S/C25H29N3O5/c1-16(19-10-11-21(32-3)22(14-19)33-4)26-23(30)15-28-24(18-8-6-5-7-9-18)27-17(2)20(12-13-29)25(28)31/h5-11,14,16,29H,12-13,15H2,1-4H3,(H,26,30)/t16-/m0/s1. The van der Waals surface area contributed by atoms with Crippen molar-refractivity contribution in [3.05, 3.63) is 75.7 Å². The molecule has 1 heterocycles. The first kappa shape index (κ1) is 24.0. The van der Waals surface area contributed by atoms with Crippen molar-refractivity contribution < 1.29 is 19.4 Å². The van der Waals surface area contributed by atoms with Crippen molar-refractivity contribution in [3.8, 4) is 22.9 Å². The number of methoxy groups -OCH3 is 2. The van der Waals surface area contributed by atoms with Gasteiger partial charge in [-0.25, -0.2) is 4.98 Å². The summed E-state index contributed by atoms with van der Waals surface area (Å²) in [7, 11) is 3.11. The van der Waals surface area contributed by atoms with E-state index in [9.17, 15) is 14.7 Å². The highest BCUT2D eigenvalue weighted by molar-refractivity contribution is 5.77. The van der Waals surface area contributed by atoms with Crippen LogP contribution in [-0.4, -0.2) is 41.4 Å². The molecule has 2 N–H and O–H groups in total. The molecule has 0 aliphatic rings. The zero-order chi connectivity index (χ0) is 24.0. The fourth-order valence-corrected chi connectivity index (χ4v) is 3.69. The monoisotopic (exact) mass is 451 g/mol. The molecular formula is C25H29N3O5. The summed E-state index contributed by atoms with van der Waals surface area (Å²) in [6.45, 7) is 3.21. The van der Waals surface area contributed by atoms with Crippen molar-refractivity contribution in [2.24, 2.45) is 0 Å². The Labute approximate surface area is 192 Å². The number of nitrogens with zero attached hydrogens (tertiary/aromatic N) is 2. The van der Waals surface area contributed by atoms with Crippen molar-refractivity contribution in [2.45, 2.75) is 32.9 Å².